The lowest BCUT2D eigenvalue weighted by atomic mass is 9.94. The molecule has 1 heterocycles. The van der Waals surface area contributed by atoms with Crippen LogP contribution in [0, 0.1) is 0 Å². The van der Waals surface area contributed by atoms with E-state index < -0.39 is 0 Å². The number of hydrogen-bond donors (Lipinski definition) is 1. The maximum absolute atomic E-state index is 12.8. The zero-order valence-electron chi connectivity index (χ0n) is 11.2. The molecule has 0 radical (unpaired) electrons. The fraction of sp³-hybridized carbons (Fsp3) is 0.467. The van der Waals surface area contributed by atoms with E-state index in [1.54, 1.807) is 0 Å². The van der Waals surface area contributed by atoms with Gasteiger partial charge in [0, 0.05) is 30.5 Å². The van der Waals surface area contributed by atoms with E-state index >= 15 is 0 Å². The van der Waals surface area contributed by atoms with Crippen molar-refractivity contribution in [2.75, 3.05) is 19.6 Å². The molecule has 1 saturated carbocycles. The Hall–Kier alpha value is -1.36. The highest BCUT2D eigenvalue weighted by atomic mass is 79.9. The van der Waals surface area contributed by atoms with Gasteiger partial charge in [0.1, 0.15) is 0 Å². The number of halogens is 1. The van der Waals surface area contributed by atoms with E-state index in [0.717, 1.165) is 22.9 Å². The van der Waals surface area contributed by atoms with Crippen LogP contribution < -0.4 is 5.32 Å². The van der Waals surface area contributed by atoms with Gasteiger partial charge >= 0.3 is 0 Å². The smallest absolute Gasteiger partial charge is 0.233 e. The molecule has 2 amide bonds. The Morgan fingerprint density at radius 3 is 2.55 bits per heavy atom. The van der Waals surface area contributed by atoms with Crippen molar-refractivity contribution in [2.24, 2.45) is 0 Å². The third-order valence-electron chi connectivity index (χ3n) is 4.16. The molecule has 1 N–H and O–H groups in total. The predicted molar refractivity (Wildman–Crippen MR) is 79.3 cm³/mol. The van der Waals surface area contributed by atoms with Gasteiger partial charge in [-0.1, -0.05) is 28.1 Å². The number of carbonyl (C=O) groups is 2. The molecule has 0 atom stereocenters. The topological polar surface area (TPSA) is 49.4 Å². The average molecular weight is 337 g/mol. The third kappa shape index (κ3) is 2.46. The van der Waals surface area contributed by atoms with Crippen LogP contribution in [0.4, 0.5) is 0 Å². The van der Waals surface area contributed by atoms with Crippen LogP contribution in [0.3, 0.4) is 0 Å². The van der Waals surface area contributed by atoms with Crippen molar-refractivity contribution >= 4 is 27.7 Å². The minimum Gasteiger partial charge on any atom is -0.354 e. The molecule has 1 aromatic carbocycles. The van der Waals surface area contributed by atoms with E-state index in [4.69, 9.17) is 0 Å². The van der Waals surface area contributed by atoms with E-state index in [1.807, 2.05) is 29.2 Å². The quantitative estimate of drug-likeness (QED) is 0.895. The standard InChI is InChI=1S/C15H17BrN2O2/c16-12-3-1-11(2-4-12)15(6-7-15)14(20)18-9-5-13(19)17-8-10-18/h1-4H,5-10H2,(H,17,19). The normalized spacial score (nSPS) is 21.1. The molecule has 3 rings (SSSR count). The summed E-state index contributed by atoms with van der Waals surface area (Å²) in [6, 6.07) is 8.01. The largest absolute Gasteiger partial charge is 0.354 e. The lowest BCUT2D eigenvalue weighted by Crippen LogP contribution is -2.41. The van der Waals surface area contributed by atoms with Gasteiger partial charge in [-0.05, 0) is 30.5 Å². The van der Waals surface area contributed by atoms with E-state index in [2.05, 4.69) is 21.2 Å². The van der Waals surface area contributed by atoms with Crippen molar-refractivity contribution in [3.63, 3.8) is 0 Å². The number of carbonyl (C=O) groups excluding carboxylic acids is 2. The summed E-state index contributed by atoms with van der Waals surface area (Å²) in [5.74, 6) is 0.213. The van der Waals surface area contributed by atoms with Gasteiger partial charge in [-0.2, -0.15) is 0 Å². The highest BCUT2D eigenvalue weighted by Crippen LogP contribution is 2.49. The van der Waals surface area contributed by atoms with Crippen molar-refractivity contribution in [2.45, 2.75) is 24.7 Å². The molecule has 1 aromatic rings. The average Bonchev–Trinajstić information content (AvgIpc) is 3.24. The van der Waals surface area contributed by atoms with Gasteiger partial charge in [-0.25, -0.2) is 0 Å². The second kappa shape index (κ2) is 5.20. The molecule has 20 heavy (non-hydrogen) atoms. The van der Waals surface area contributed by atoms with E-state index in [0.29, 0.717) is 26.1 Å². The van der Waals surface area contributed by atoms with Gasteiger partial charge < -0.3 is 10.2 Å². The number of nitrogens with one attached hydrogen (secondary N) is 1. The van der Waals surface area contributed by atoms with Crippen LogP contribution >= 0.6 is 15.9 Å². The van der Waals surface area contributed by atoms with Gasteiger partial charge in [0.15, 0.2) is 0 Å². The first-order chi connectivity index (χ1) is 9.62. The zero-order chi connectivity index (χ0) is 14.2. The molecule has 0 aromatic heterocycles. The second-order valence-corrected chi connectivity index (χ2v) is 6.40. The second-order valence-electron chi connectivity index (χ2n) is 5.48. The number of benzene rings is 1. The molecule has 2 fully saturated rings. The Bertz CT molecular complexity index is 537. The summed E-state index contributed by atoms with van der Waals surface area (Å²) in [5, 5.41) is 2.81. The summed E-state index contributed by atoms with van der Waals surface area (Å²) in [4.78, 5) is 26.0. The van der Waals surface area contributed by atoms with Gasteiger partial charge in [0.2, 0.25) is 11.8 Å². The monoisotopic (exact) mass is 336 g/mol. The van der Waals surface area contributed by atoms with Crippen molar-refractivity contribution in [3.05, 3.63) is 34.3 Å². The van der Waals surface area contributed by atoms with Gasteiger partial charge in [0.25, 0.3) is 0 Å². The van der Waals surface area contributed by atoms with Crippen LogP contribution in [0.25, 0.3) is 0 Å². The van der Waals surface area contributed by atoms with Gasteiger partial charge in [0.05, 0.1) is 5.41 Å². The van der Waals surface area contributed by atoms with Crippen LogP contribution in [0.1, 0.15) is 24.8 Å². The summed E-state index contributed by atoms with van der Waals surface area (Å²) in [6.45, 7) is 1.70. The predicted octanol–water partition coefficient (Wildman–Crippen LogP) is 1.83. The Labute approximate surface area is 126 Å². The molecular formula is C15H17BrN2O2. The van der Waals surface area contributed by atoms with Gasteiger partial charge in [-0.3, -0.25) is 9.59 Å². The summed E-state index contributed by atoms with van der Waals surface area (Å²) >= 11 is 3.42. The number of nitrogens with zero attached hydrogens (tertiary/aromatic N) is 1. The Morgan fingerprint density at radius 2 is 1.90 bits per heavy atom. The highest BCUT2D eigenvalue weighted by Gasteiger charge is 2.52. The summed E-state index contributed by atoms with van der Waals surface area (Å²) in [6.07, 6.45) is 2.22. The zero-order valence-corrected chi connectivity index (χ0v) is 12.8. The minimum atomic E-state index is -0.339. The number of hydrogen-bond acceptors (Lipinski definition) is 2. The molecule has 0 spiro atoms. The van der Waals surface area contributed by atoms with Crippen molar-refractivity contribution in [1.82, 2.24) is 10.2 Å². The maximum Gasteiger partial charge on any atom is 0.233 e. The molecule has 2 aliphatic rings. The highest BCUT2D eigenvalue weighted by molar-refractivity contribution is 9.10. The fourth-order valence-electron chi connectivity index (χ4n) is 2.79. The first-order valence-electron chi connectivity index (χ1n) is 6.94. The third-order valence-corrected chi connectivity index (χ3v) is 4.68. The van der Waals surface area contributed by atoms with Crippen molar-refractivity contribution in [3.8, 4) is 0 Å². The maximum atomic E-state index is 12.8. The molecule has 1 aliphatic carbocycles. The van der Waals surface area contributed by atoms with E-state index in [9.17, 15) is 9.59 Å². The number of amides is 2. The van der Waals surface area contributed by atoms with Crippen molar-refractivity contribution in [1.29, 1.82) is 0 Å². The molecule has 1 aliphatic heterocycles. The van der Waals surface area contributed by atoms with Crippen molar-refractivity contribution < 1.29 is 9.59 Å². The minimum absolute atomic E-state index is 0.0359. The Morgan fingerprint density at radius 1 is 1.20 bits per heavy atom. The van der Waals surface area contributed by atoms with Crippen LogP contribution in [0.15, 0.2) is 28.7 Å². The fourth-order valence-corrected chi connectivity index (χ4v) is 3.06. The lowest BCUT2D eigenvalue weighted by Gasteiger charge is -2.25. The van der Waals surface area contributed by atoms with Crippen LogP contribution in [0.5, 0.6) is 0 Å². The summed E-state index contributed by atoms with van der Waals surface area (Å²) in [7, 11) is 0. The molecular weight excluding hydrogens is 320 g/mol. The summed E-state index contributed by atoms with van der Waals surface area (Å²) in [5.41, 5.74) is 0.753. The first-order valence-corrected chi connectivity index (χ1v) is 7.73. The molecule has 106 valence electrons. The SMILES string of the molecule is O=C1CCN(C(=O)C2(c3ccc(Br)cc3)CC2)CCN1. The van der Waals surface area contributed by atoms with Crippen LogP contribution in [-0.4, -0.2) is 36.3 Å². The molecule has 0 unspecified atom stereocenters. The molecule has 0 bridgehead atoms. The van der Waals surface area contributed by atoms with E-state index in [1.165, 1.54) is 0 Å². The lowest BCUT2D eigenvalue weighted by molar-refractivity contribution is -0.133. The summed E-state index contributed by atoms with van der Waals surface area (Å²) < 4.78 is 1.02. The Kier molecular flexibility index (Phi) is 3.54. The van der Waals surface area contributed by atoms with Gasteiger partial charge in [-0.15, -0.1) is 0 Å². The first kappa shape index (κ1) is 13.6. The Balaban J connectivity index is 1.79. The molecule has 5 heteroatoms. The van der Waals surface area contributed by atoms with E-state index in [-0.39, 0.29) is 17.2 Å². The molecule has 1 saturated heterocycles. The molecule has 4 nitrogen and oxygen atoms in total. The van der Waals surface area contributed by atoms with Crippen LogP contribution in [-0.2, 0) is 15.0 Å². The number of rotatable bonds is 2. The van der Waals surface area contributed by atoms with Crippen LogP contribution in [0.2, 0.25) is 0 Å².